The van der Waals surface area contributed by atoms with Crippen LogP contribution in [0.3, 0.4) is 0 Å². The number of rotatable bonds is 4. The minimum atomic E-state index is -0.439. The molecule has 0 spiro atoms. The second kappa shape index (κ2) is 5.22. The fourth-order valence-electron chi connectivity index (χ4n) is 1.86. The van der Waals surface area contributed by atoms with Crippen molar-refractivity contribution in [2.24, 2.45) is 5.84 Å². The first-order valence-corrected chi connectivity index (χ1v) is 6.61. The Kier molecular flexibility index (Phi) is 3.42. The molecule has 0 radical (unpaired) electrons. The van der Waals surface area contributed by atoms with E-state index in [2.05, 4.69) is 20.7 Å². The molecule has 1 saturated carbocycles. The molecule has 104 valence electrons. The van der Waals surface area contributed by atoms with E-state index in [9.17, 15) is 4.39 Å². The molecule has 0 bridgehead atoms. The summed E-state index contributed by atoms with van der Waals surface area (Å²) in [6, 6.07) is 6.04. The Morgan fingerprint density at radius 3 is 2.60 bits per heavy atom. The van der Waals surface area contributed by atoms with E-state index < -0.39 is 5.82 Å². The lowest BCUT2D eigenvalue weighted by Crippen LogP contribution is -2.11. The van der Waals surface area contributed by atoms with Gasteiger partial charge in [-0.2, -0.15) is 0 Å². The van der Waals surface area contributed by atoms with E-state index in [-0.39, 0.29) is 0 Å². The van der Waals surface area contributed by atoms with Crippen LogP contribution in [0.2, 0.25) is 5.02 Å². The van der Waals surface area contributed by atoms with Crippen molar-refractivity contribution in [1.82, 2.24) is 9.97 Å². The van der Waals surface area contributed by atoms with Gasteiger partial charge in [-0.05, 0) is 31.0 Å². The molecule has 2 aromatic rings. The Hall–Kier alpha value is -1.92. The van der Waals surface area contributed by atoms with Gasteiger partial charge in [0, 0.05) is 17.0 Å². The Bertz CT molecular complexity index is 645. The van der Waals surface area contributed by atoms with Crippen molar-refractivity contribution in [3.8, 4) is 0 Å². The Balaban J connectivity index is 1.91. The van der Waals surface area contributed by atoms with E-state index in [0.717, 1.165) is 18.7 Å². The Labute approximate surface area is 120 Å². The summed E-state index contributed by atoms with van der Waals surface area (Å²) < 4.78 is 13.8. The topological polar surface area (TPSA) is 75.9 Å². The number of anilines is 3. The monoisotopic (exact) mass is 293 g/mol. The molecule has 1 aliphatic rings. The summed E-state index contributed by atoms with van der Waals surface area (Å²) in [6.07, 6.45) is 2.14. The van der Waals surface area contributed by atoms with E-state index in [1.807, 2.05) is 0 Å². The van der Waals surface area contributed by atoms with Crippen LogP contribution >= 0.6 is 11.6 Å². The summed E-state index contributed by atoms with van der Waals surface area (Å²) in [7, 11) is 0. The molecule has 20 heavy (non-hydrogen) atoms. The van der Waals surface area contributed by atoms with Gasteiger partial charge in [-0.1, -0.05) is 11.6 Å². The van der Waals surface area contributed by atoms with E-state index in [0.29, 0.717) is 28.3 Å². The highest BCUT2D eigenvalue weighted by Crippen LogP contribution is 2.39. The van der Waals surface area contributed by atoms with Gasteiger partial charge in [-0.3, -0.25) is 0 Å². The second-order valence-corrected chi connectivity index (χ2v) is 5.10. The van der Waals surface area contributed by atoms with Crippen LogP contribution in [0, 0.1) is 5.82 Å². The number of nitrogens with one attached hydrogen (secondary N) is 2. The van der Waals surface area contributed by atoms with E-state index in [1.54, 1.807) is 18.2 Å². The van der Waals surface area contributed by atoms with Crippen LogP contribution in [0.4, 0.5) is 21.7 Å². The molecule has 1 aromatic carbocycles. The third-order valence-corrected chi connectivity index (χ3v) is 3.26. The summed E-state index contributed by atoms with van der Waals surface area (Å²) in [5.74, 6) is 7.04. The van der Waals surface area contributed by atoms with Gasteiger partial charge in [0.2, 0.25) is 0 Å². The maximum Gasteiger partial charge on any atom is 0.148 e. The van der Waals surface area contributed by atoms with Crippen LogP contribution in [0.5, 0.6) is 0 Å². The van der Waals surface area contributed by atoms with Crippen molar-refractivity contribution in [2.75, 3.05) is 10.7 Å². The lowest BCUT2D eigenvalue weighted by atomic mass is 10.3. The zero-order chi connectivity index (χ0) is 14.1. The molecule has 0 saturated heterocycles. The number of halogens is 2. The average Bonchev–Trinajstić information content (AvgIpc) is 3.26. The zero-order valence-corrected chi connectivity index (χ0v) is 11.3. The number of benzene rings is 1. The average molecular weight is 294 g/mol. The fourth-order valence-corrected chi connectivity index (χ4v) is 2.02. The van der Waals surface area contributed by atoms with Gasteiger partial charge in [0.15, 0.2) is 0 Å². The first-order chi connectivity index (χ1) is 9.65. The van der Waals surface area contributed by atoms with Gasteiger partial charge < -0.3 is 10.7 Å². The molecule has 1 aliphatic carbocycles. The lowest BCUT2D eigenvalue weighted by molar-refractivity contribution is 0.632. The number of hydrazine groups is 1. The molecule has 1 fully saturated rings. The fraction of sp³-hybridized carbons (Fsp3) is 0.231. The van der Waals surface area contributed by atoms with Gasteiger partial charge in [-0.15, -0.1) is 0 Å². The highest BCUT2D eigenvalue weighted by atomic mass is 35.5. The zero-order valence-electron chi connectivity index (χ0n) is 10.5. The number of nitrogen functional groups attached to an aromatic ring is 1. The van der Waals surface area contributed by atoms with E-state index in [1.165, 1.54) is 6.07 Å². The molecule has 3 rings (SSSR count). The summed E-state index contributed by atoms with van der Waals surface area (Å²) in [5, 5.41) is 3.26. The van der Waals surface area contributed by atoms with Crippen molar-refractivity contribution in [1.29, 1.82) is 0 Å². The number of hydrogen-bond acceptors (Lipinski definition) is 5. The third kappa shape index (κ3) is 2.81. The van der Waals surface area contributed by atoms with Crippen molar-refractivity contribution >= 4 is 28.9 Å². The molecule has 0 aliphatic heterocycles. The van der Waals surface area contributed by atoms with Crippen LogP contribution in [0.25, 0.3) is 0 Å². The minimum Gasteiger partial charge on any atom is -0.338 e. The SMILES string of the molecule is NNc1cc(Nc2ccc(Cl)cc2F)nc(C2CC2)n1. The predicted octanol–water partition coefficient (Wildman–Crippen LogP) is 3.18. The van der Waals surface area contributed by atoms with Crippen LogP contribution < -0.4 is 16.6 Å². The minimum absolute atomic E-state index is 0.304. The second-order valence-electron chi connectivity index (χ2n) is 4.66. The van der Waals surface area contributed by atoms with Gasteiger partial charge in [-0.25, -0.2) is 20.2 Å². The lowest BCUT2D eigenvalue weighted by Gasteiger charge is -2.10. The molecule has 7 heteroatoms. The maximum atomic E-state index is 13.8. The predicted molar refractivity (Wildman–Crippen MR) is 76.5 cm³/mol. The van der Waals surface area contributed by atoms with Crippen molar-refractivity contribution in [3.05, 3.63) is 40.9 Å². The molecule has 0 atom stereocenters. The van der Waals surface area contributed by atoms with E-state index in [4.69, 9.17) is 17.4 Å². The number of aromatic nitrogens is 2. The summed E-state index contributed by atoms with van der Waals surface area (Å²) in [5.41, 5.74) is 2.80. The quantitative estimate of drug-likeness (QED) is 0.596. The molecule has 4 N–H and O–H groups in total. The van der Waals surface area contributed by atoms with Gasteiger partial charge >= 0.3 is 0 Å². The molecule has 1 heterocycles. The van der Waals surface area contributed by atoms with Gasteiger partial charge in [0.1, 0.15) is 23.3 Å². The first-order valence-electron chi connectivity index (χ1n) is 6.23. The van der Waals surface area contributed by atoms with Crippen molar-refractivity contribution in [3.63, 3.8) is 0 Å². The highest BCUT2D eigenvalue weighted by molar-refractivity contribution is 6.30. The number of nitrogens with zero attached hydrogens (tertiary/aromatic N) is 2. The van der Waals surface area contributed by atoms with E-state index >= 15 is 0 Å². The number of hydrogen-bond donors (Lipinski definition) is 3. The number of nitrogens with two attached hydrogens (primary N) is 1. The van der Waals surface area contributed by atoms with Crippen LogP contribution in [-0.4, -0.2) is 9.97 Å². The molecule has 5 nitrogen and oxygen atoms in total. The molecular formula is C13H13ClFN5. The van der Waals surface area contributed by atoms with Gasteiger partial charge in [0.05, 0.1) is 5.69 Å². The summed E-state index contributed by atoms with van der Waals surface area (Å²) in [4.78, 5) is 8.67. The van der Waals surface area contributed by atoms with Crippen LogP contribution in [0.15, 0.2) is 24.3 Å². The van der Waals surface area contributed by atoms with Crippen molar-refractivity contribution < 1.29 is 4.39 Å². The van der Waals surface area contributed by atoms with Gasteiger partial charge in [0.25, 0.3) is 0 Å². The summed E-state index contributed by atoms with van der Waals surface area (Å²) >= 11 is 5.72. The van der Waals surface area contributed by atoms with Crippen LogP contribution in [0.1, 0.15) is 24.6 Å². The maximum absolute atomic E-state index is 13.8. The smallest absolute Gasteiger partial charge is 0.148 e. The molecule has 0 amide bonds. The molecule has 0 unspecified atom stereocenters. The van der Waals surface area contributed by atoms with Crippen LogP contribution in [-0.2, 0) is 0 Å². The van der Waals surface area contributed by atoms with Crippen molar-refractivity contribution in [2.45, 2.75) is 18.8 Å². The Morgan fingerprint density at radius 2 is 1.95 bits per heavy atom. The molecule has 1 aromatic heterocycles. The third-order valence-electron chi connectivity index (χ3n) is 3.03. The standard InChI is InChI=1S/C13H13ClFN5/c14-8-3-4-10(9(15)5-8)17-11-6-12(20-16)19-13(18-11)7-1-2-7/h3-7H,1-2,16H2,(H2,17,18,19,20). The normalized spacial score (nSPS) is 14.2. The Morgan fingerprint density at radius 1 is 1.20 bits per heavy atom. The molecular weight excluding hydrogens is 281 g/mol. The largest absolute Gasteiger partial charge is 0.338 e. The highest BCUT2D eigenvalue weighted by Gasteiger charge is 2.27. The summed E-state index contributed by atoms with van der Waals surface area (Å²) in [6.45, 7) is 0. The first kappa shape index (κ1) is 13.1.